The van der Waals surface area contributed by atoms with Crippen molar-refractivity contribution < 1.29 is 41.4 Å². The number of piperazine rings is 1. The van der Waals surface area contributed by atoms with Gasteiger partial charge >= 0.3 is 18.1 Å². The van der Waals surface area contributed by atoms with Crippen molar-refractivity contribution in [1.29, 1.82) is 5.26 Å². The Labute approximate surface area is 217 Å². The summed E-state index contributed by atoms with van der Waals surface area (Å²) >= 11 is 0. The number of hydrogen-bond donors (Lipinski definition) is 3. The number of nitrogens with zero attached hydrogens (tertiary/aromatic N) is 3. The van der Waals surface area contributed by atoms with E-state index in [1.807, 2.05) is 11.8 Å². The van der Waals surface area contributed by atoms with Crippen molar-refractivity contribution in [3.63, 3.8) is 0 Å². The van der Waals surface area contributed by atoms with Gasteiger partial charge in [-0.3, -0.25) is 9.62 Å². The van der Waals surface area contributed by atoms with Crippen LogP contribution in [0, 0.1) is 25.2 Å². The number of sulfonamides is 1. The number of carbonyl (C=O) groups is 2. The number of carboxylic acid groups (broad SMARTS) is 2. The number of carboxylic acids is 2. The van der Waals surface area contributed by atoms with Crippen LogP contribution in [0.2, 0.25) is 0 Å². The topological polar surface area (TPSA) is 151 Å². The zero-order valence-electron chi connectivity index (χ0n) is 20.6. The molecule has 0 spiro atoms. The van der Waals surface area contributed by atoms with Crippen LogP contribution in [0.5, 0.6) is 0 Å². The van der Waals surface area contributed by atoms with E-state index in [0.717, 1.165) is 18.7 Å². The summed E-state index contributed by atoms with van der Waals surface area (Å²) in [6.45, 7) is 7.11. The monoisotopic (exact) mass is 556 g/mol. The largest absolute Gasteiger partial charge is 0.490 e. The number of benzene rings is 2. The highest BCUT2D eigenvalue weighted by atomic mass is 32.2. The van der Waals surface area contributed by atoms with E-state index in [2.05, 4.69) is 15.7 Å². The Kier molecular flexibility index (Phi) is 10.1. The average Bonchev–Trinajstić information content (AvgIpc) is 2.82. The SMILES string of the molecule is Cc1ccc(S(=O)(=O)Nc2cc(C(=O)O)ccc2N2CCN(CCC#N)CC2)c(C)c1.O=C(O)C(F)(F)F. The maximum atomic E-state index is 13.1. The van der Waals surface area contributed by atoms with Crippen LogP contribution in [-0.2, 0) is 14.8 Å². The lowest BCUT2D eigenvalue weighted by molar-refractivity contribution is -0.192. The first kappa shape index (κ1) is 30.4. The first-order chi connectivity index (χ1) is 17.7. The van der Waals surface area contributed by atoms with Gasteiger partial charge in [0.05, 0.1) is 27.9 Å². The number of anilines is 2. The molecule has 1 heterocycles. The molecule has 0 saturated carbocycles. The van der Waals surface area contributed by atoms with Gasteiger partial charge in [-0.15, -0.1) is 0 Å². The molecule has 0 radical (unpaired) electrons. The van der Waals surface area contributed by atoms with Gasteiger partial charge in [0.2, 0.25) is 0 Å². The molecular weight excluding hydrogens is 529 g/mol. The molecule has 206 valence electrons. The van der Waals surface area contributed by atoms with Crippen LogP contribution in [0.15, 0.2) is 41.3 Å². The summed E-state index contributed by atoms with van der Waals surface area (Å²) in [5.41, 5.74) is 2.46. The van der Waals surface area contributed by atoms with Gasteiger partial charge < -0.3 is 15.1 Å². The molecule has 3 N–H and O–H groups in total. The molecule has 0 bridgehead atoms. The number of aliphatic carboxylic acids is 1. The predicted molar refractivity (Wildman–Crippen MR) is 133 cm³/mol. The molecule has 1 saturated heterocycles. The number of aryl methyl sites for hydroxylation is 2. The Morgan fingerprint density at radius 2 is 1.66 bits per heavy atom. The van der Waals surface area contributed by atoms with Crippen LogP contribution in [0.3, 0.4) is 0 Å². The van der Waals surface area contributed by atoms with E-state index >= 15 is 0 Å². The molecule has 1 aliphatic heterocycles. The van der Waals surface area contributed by atoms with Crippen LogP contribution >= 0.6 is 0 Å². The van der Waals surface area contributed by atoms with Crippen LogP contribution in [0.25, 0.3) is 0 Å². The van der Waals surface area contributed by atoms with Crippen molar-refractivity contribution in [3.05, 3.63) is 53.1 Å². The summed E-state index contributed by atoms with van der Waals surface area (Å²) in [7, 11) is -3.90. The summed E-state index contributed by atoms with van der Waals surface area (Å²) in [5.74, 6) is -3.88. The summed E-state index contributed by atoms with van der Waals surface area (Å²) in [5, 5.41) is 25.3. The van der Waals surface area contributed by atoms with E-state index in [9.17, 15) is 31.5 Å². The quantitative estimate of drug-likeness (QED) is 0.466. The molecule has 14 heteroatoms. The van der Waals surface area contributed by atoms with E-state index in [1.54, 1.807) is 31.2 Å². The van der Waals surface area contributed by atoms with Crippen molar-refractivity contribution in [2.75, 3.05) is 42.3 Å². The molecule has 2 aromatic carbocycles. The molecule has 0 aromatic heterocycles. The normalized spacial score (nSPS) is 14.2. The summed E-state index contributed by atoms with van der Waals surface area (Å²) < 4.78 is 60.6. The Balaban J connectivity index is 0.000000638. The molecule has 0 unspecified atom stereocenters. The summed E-state index contributed by atoms with van der Waals surface area (Å²) in [4.78, 5) is 24.8. The van der Waals surface area contributed by atoms with Crippen molar-refractivity contribution in [3.8, 4) is 6.07 Å². The van der Waals surface area contributed by atoms with Crippen LogP contribution in [0.1, 0.15) is 27.9 Å². The second-order valence-corrected chi connectivity index (χ2v) is 10.1. The highest BCUT2D eigenvalue weighted by Gasteiger charge is 2.38. The zero-order chi connectivity index (χ0) is 28.7. The molecule has 10 nitrogen and oxygen atoms in total. The van der Waals surface area contributed by atoms with E-state index in [-0.39, 0.29) is 16.1 Å². The number of halogens is 3. The van der Waals surface area contributed by atoms with E-state index in [4.69, 9.17) is 15.2 Å². The number of alkyl halides is 3. The fourth-order valence-electron chi connectivity index (χ4n) is 3.75. The maximum absolute atomic E-state index is 13.1. The molecule has 1 aliphatic rings. The van der Waals surface area contributed by atoms with Gasteiger partial charge in [0, 0.05) is 39.1 Å². The smallest absolute Gasteiger partial charge is 0.478 e. The molecule has 0 aliphatic carbocycles. The predicted octanol–water partition coefficient (Wildman–Crippen LogP) is 3.47. The first-order valence-electron chi connectivity index (χ1n) is 11.3. The van der Waals surface area contributed by atoms with Crippen molar-refractivity contribution >= 4 is 33.3 Å². The van der Waals surface area contributed by atoms with Crippen LogP contribution in [0.4, 0.5) is 24.5 Å². The summed E-state index contributed by atoms with van der Waals surface area (Å²) in [6, 6.07) is 11.7. The molecule has 1 fully saturated rings. The molecule has 3 rings (SSSR count). The standard InChI is InChI=1S/C22H26N4O4S.C2HF3O2/c1-16-4-7-21(17(2)14-16)31(29,30)24-19-15-18(22(27)28)5-6-20(19)26-12-10-25(11-13-26)9-3-8-23;3-2(4,5)1(6)7/h4-7,14-15,24H,3,9-13H2,1-2H3,(H,27,28);(H,6,7). The van der Waals surface area contributed by atoms with Crippen molar-refractivity contribution in [2.24, 2.45) is 0 Å². The summed E-state index contributed by atoms with van der Waals surface area (Å²) in [6.07, 6.45) is -4.62. The Morgan fingerprint density at radius 1 is 1.05 bits per heavy atom. The van der Waals surface area contributed by atoms with E-state index in [1.165, 1.54) is 12.1 Å². The van der Waals surface area contributed by atoms with Crippen molar-refractivity contribution in [1.82, 2.24) is 4.90 Å². The van der Waals surface area contributed by atoms with Crippen LogP contribution in [-0.4, -0.2) is 74.4 Å². The highest BCUT2D eigenvalue weighted by molar-refractivity contribution is 7.92. The first-order valence-corrected chi connectivity index (χ1v) is 12.8. The number of nitriles is 1. The fraction of sp³-hybridized carbons (Fsp3) is 0.375. The van der Waals surface area contributed by atoms with Gasteiger partial charge in [0.1, 0.15) is 0 Å². The average molecular weight is 557 g/mol. The highest BCUT2D eigenvalue weighted by Crippen LogP contribution is 2.31. The van der Waals surface area contributed by atoms with Gasteiger partial charge in [-0.2, -0.15) is 18.4 Å². The van der Waals surface area contributed by atoms with E-state index in [0.29, 0.717) is 37.3 Å². The van der Waals surface area contributed by atoms with Gasteiger partial charge in [-0.1, -0.05) is 17.7 Å². The number of hydrogen-bond acceptors (Lipinski definition) is 7. The van der Waals surface area contributed by atoms with Crippen molar-refractivity contribution in [2.45, 2.75) is 31.3 Å². The molecule has 38 heavy (non-hydrogen) atoms. The third-order valence-electron chi connectivity index (χ3n) is 5.60. The Hall–Kier alpha value is -3.83. The second kappa shape index (κ2) is 12.6. The molecule has 0 atom stereocenters. The zero-order valence-corrected chi connectivity index (χ0v) is 21.4. The van der Waals surface area contributed by atoms with Gasteiger partial charge in [-0.05, 0) is 43.7 Å². The van der Waals surface area contributed by atoms with Gasteiger partial charge in [0.15, 0.2) is 0 Å². The third-order valence-corrected chi connectivity index (χ3v) is 7.13. The maximum Gasteiger partial charge on any atom is 0.490 e. The minimum Gasteiger partial charge on any atom is -0.478 e. The number of nitrogens with one attached hydrogen (secondary N) is 1. The fourth-order valence-corrected chi connectivity index (χ4v) is 5.04. The third kappa shape index (κ3) is 8.35. The lowest BCUT2D eigenvalue weighted by Gasteiger charge is -2.36. The molecule has 0 amide bonds. The van der Waals surface area contributed by atoms with Crippen LogP contribution < -0.4 is 9.62 Å². The lowest BCUT2D eigenvalue weighted by atomic mass is 10.1. The van der Waals surface area contributed by atoms with Gasteiger partial charge in [-0.25, -0.2) is 18.0 Å². The van der Waals surface area contributed by atoms with Gasteiger partial charge in [0.25, 0.3) is 10.0 Å². The van der Waals surface area contributed by atoms with E-state index < -0.39 is 28.1 Å². The minimum absolute atomic E-state index is 0.00901. The number of aromatic carboxylic acids is 1. The second-order valence-electron chi connectivity index (χ2n) is 8.45. The Bertz CT molecular complexity index is 1320. The lowest BCUT2D eigenvalue weighted by Crippen LogP contribution is -2.46. The minimum atomic E-state index is -5.08. The number of rotatable bonds is 7. The Morgan fingerprint density at radius 3 is 2.16 bits per heavy atom. The molecular formula is C24H27F3N4O6S. The molecule has 2 aromatic rings.